The number of ether oxygens (including phenoxy) is 1. The van der Waals surface area contributed by atoms with Crippen LogP contribution in [0.1, 0.15) is 19.3 Å². The van der Waals surface area contributed by atoms with Crippen molar-refractivity contribution in [1.82, 2.24) is 0 Å². The van der Waals surface area contributed by atoms with E-state index in [1.54, 1.807) is 0 Å². The number of rotatable bonds is 3. The number of carbonyl (C=O) groups excluding carboxylic acids is 1. The monoisotopic (exact) mass is 254 g/mol. The molecule has 4 nitrogen and oxygen atoms in total. The Labute approximate surface area is 94.9 Å². The van der Waals surface area contributed by atoms with E-state index in [9.17, 15) is 13.2 Å². The van der Waals surface area contributed by atoms with Crippen LogP contribution in [0.2, 0.25) is 0 Å². The van der Waals surface area contributed by atoms with Crippen molar-refractivity contribution in [2.45, 2.75) is 19.3 Å². The molecule has 0 spiro atoms. The highest BCUT2D eigenvalue weighted by Crippen LogP contribution is 2.37. The van der Waals surface area contributed by atoms with Gasteiger partial charge >= 0.3 is 5.97 Å². The highest BCUT2D eigenvalue weighted by atomic mass is 35.5. The van der Waals surface area contributed by atoms with Gasteiger partial charge in [-0.1, -0.05) is 0 Å². The van der Waals surface area contributed by atoms with E-state index in [1.165, 1.54) is 7.11 Å². The molecule has 1 fully saturated rings. The molecule has 0 saturated carbocycles. The molecule has 6 heteroatoms. The molecule has 1 aliphatic heterocycles. The van der Waals surface area contributed by atoms with Crippen molar-refractivity contribution in [2.24, 2.45) is 5.41 Å². The molecule has 0 N–H and O–H groups in total. The summed E-state index contributed by atoms with van der Waals surface area (Å²) in [6.45, 7) is 0. The van der Waals surface area contributed by atoms with Crippen molar-refractivity contribution in [2.75, 3.05) is 24.5 Å². The molecule has 0 aromatic carbocycles. The number of sulfone groups is 1. The quantitative estimate of drug-likeness (QED) is 0.557. The zero-order chi connectivity index (χ0) is 11.5. The van der Waals surface area contributed by atoms with Gasteiger partial charge in [-0.05, 0) is 19.3 Å². The topological polar surface area (TPSA) is 60.4 Å². The summed E-state index contributed by atoms with van der Waals surface area (Å²) in [7, 11) is -1.64. The van der Waals surface area contributed by atoms with Crippen LogP contribution in [0, 0.1) is 5.41 Å². The molecule has 0 amide bonds. The summed E-state index contributed by atoms with van der Waals surface area (Å²) in [5, 5.41) is 0. The SMILES string of the molecule is COC(=O)C1(CCCl)CCS(=O)(=O)CC1. The Balaban J connectivity index is 2.82. The van der Waals surface area contributed by atoms with E-state index in [-0.39, 0.29) is 17.5 Å². The summed E-state index contributed by atoms with van der Waals surface area (Å²) in [4.78, 5) is 11.6. The van der Waals surface area contributed by atoms with Crippen LogP contribution >= 0.6 is 11.6 Å². The molecule has 1 rings (SSSR count). The zero-order valence-corrected chi connectivity index (χ0v) is 10.2. The summed E-state index contributed by atoms with van der Waals surface area (Å²) in [6.07, 6.45) is 1.14. The van der Waals surface area contributed by atoms with Crippen LogP contribution < -0.4 is 0 Å². The summed E-state index contributed by atoms with van der Waals surface area (Å²) < 4.78 is 27.3. The predicted octanol–water partition coefficient (Wildman–Crippen LogP) is 0.983. The highest BCUT2D eigenvalue weighted by Gasteiger charge is 2.43. The van der Waals surface area contributed by atoms with Crippen LogP contribution in [-0.2, 0) is 19.4 Å². The lowest BCUT2D eigenvalue weighted by molar-refractivity contribution is -0.153. The molecule has 0 atom stereocenters. The molecule has 0 aromatic rings. The van der Waals surface area contributed by atoms with E-state index in [0.29, 0.717) is 25.1 Å². The second-order valence-electron chi connectivity index (χ2n) is 3.86. The molecule has 0 bridgehead atoms. The first-order chi connectivity index (χ1) is 6.96. The van der Waals surface area contributed by atoms with Gasteiger partial charge in [0.1, 0.15) is 9.84 Å². The Morgan fingerprint density at radius 1 is 1.40 bits per heavy atom. The highest BCUT2D eigenvalue weighted by molar-refractivity contribution is 7.91. The van der Waals surface area contributed by atoms with Crippen LogP contribution in [0.5, 0.6) is 0 Å². The van der Waals surface area contributed by atoms with Gasteiger partial charge in [-0.3, -0.25) is 4.79 Å². The Kier molecular flexibility index (Phi) is 4.00. The molecule has 0 aliphatic carbocycles. The lowest BCUT2D eigenvalue weighted by atomic mass is 9.79. The van der Waals surface area contributed by atoms with Gasteiger partial charge in [0.05, 0.1) is 24.0 Å². The van der Waals surface area contributed by atoms with Crippen molar-refractivity contribution in [3.63, 3.8) is 0 Å². The Bertz CT molecular complexity index is 322. The van der Waals surface area contributed by atoms with Crippen LogP contribution in [0.15, 0.2) is 0 Å². The minimum atomic E-state index is -2.96. The van der Waals surface area contributed by atoms with Gasteiger partial charge in [0.2, 0.25) is 0 Å². The standard InChI is InChI=1S/C9H15ClO4S/c1-14-8(11)9(2-5-10)3-6-15(12,13)7-4-9/h2-7H2,1H3. The number of carbonyl (C=O) groups is 1. The van der Waals surface area contributed by atoms with Crippen molar-refractivity contribution < 1.29 is 17.9 Å². The Hall–Kier alpha value is -0.290. The van der Waals surface area contributed by atoms with E-state index < -0.39 is 15.3 Å². The number of hydrogen-bond donors (Lipinski definition) is 0. The minimum Gasteiger partial charge on any atom is -0.469 e. The third kappa shape index (κ3) is 2.84. The number of hydrogen-bond acceptors (Lipinski definition) is 4. The van der Waals surface area contributed by atoms with E-state index in [4.69, 9.17) is 16.3 Å². The van der Waals surface area contributed by atoms with Gasteiger partial charge in [0.25, 0.3) is 0 Å². The number of esters is 1. The molecule has 1 saturated heterocycles. The molecule has 15 heavy (non-hydrogen) atoms. The second-order valence-corrected chi connectivity index (χ2v) is 6.54. The number of methoxy groups -OCH3 is 1. The van der Waals surface area contributed by atoms with Gasteiger partial charge in [0, 0.05) is 5.88 Å². The Morgan fingerprint density at radius 2 is 1.93 bits per heavy atom. The van der Waals surface area contributed by atoms with Gasteiger partial charge < -0.3 is 4.74 Å². The fourth-order valence-corrected chi connectivity index (χ4v) is 3.85. The summed E-state index contributed by atoms with van der Waals surface area (Å²) in [5.74, 6) is 0.116. The van der Waals surface area contributed by atoms with Crippen molar-refractivity contribution in [3.8, 4) is 0 Å². The fraction of sp³-hybridized carbons (Fsp3) is 0.889. The lowest BCUT2D eigenvalue weighted by Crippen LogP contribution is -2.40. The summed E-state index contributed by atoms with van der Waals surface area (Å²) in [5.41, 5.74) is -0.679. The number of halogens is 1. The average Bonchev–Trinajstić information content (AvgIpc) is 2.21. The zero-order valence-electron chi connectivity index (χ0n) is 8.66. The molecule has 0 unspecified atom stereocenters. The van der Waals surface area contributed by atoms with Crippen LogP contribution in [0.25, 0.3) is 0 Å². The van der Waals surface area contributed by atoms with Crippen molar-refractivity contribution in [3.05, 3.63) is 0 Å². The first kappa shape index (κ1) is 12.8. The predicted molar refractivity (Wildman–Crippen MR) is 57.7 cm³/mol. The van der Waals surface area contributed by atoms with Gasteiger partial charge in [-0.25, -0.2) is 8.42 Å². The molecule has 1 aliphatic rings. The van der Waals surface area contributed by atoms with Gasteiger partial charge in [-0.15, -0.1) is 11.6 Å². The van der Waals surface area contributed by atoms with Crippen LogP contribution in [-0.4, -0.2) is 38.9 Å². The molecular formula is C9H15ClO4S. The first-order valence-electron chi connectivity index (χ1n) is 4.81. The van der Waals surface area contributed by atoms with Crippen LogP contribution in [0.4, 0.5) is 0 Å². The maximum Gasteiger partial charge on any atom is 0.311 e. The second kappa shape index (κ2) is 4.70. The maximum atomic E-state index is 11.6. The smallest absolute Gasteiger partial charge is 0.311 e. The van der Waals surface area contributed by atoms with E-state index in [0.717, 1.165) is 0 Å². The van der Waals surface area contributed by atoms with E-state index >= 15 is 0 Å². The van der Waals surface area contributed by atoms with Gasteiger partial charge in [-0.2, -0.15) is 0 Å². The third-order valence-electron chi connectivity index (χ3n) is 2.97. The molecular weight excluding hydrogens is 240 g/mol. The van der Waals surface area contributed by atoms with Crippen molar-refractivity contribution in [1.29, 1.82) is 0 Å². The fourth-order valence-electron chi connectivity index (χ4n) is 1.88. The number of alkyl halides is 1. The minimum absolute atomic E-state index is 0.0546. The summed E-state index contributed by atoms with van der Waals surface area (Å²) >= 11 is 5.64. The van der Waals surface area contributed by atoms with Gasteiger partial charge in [0.15, 0.2) is 0 Å². The summed E-state index contributed by atoms with van der Waals surface area (Å²) in [6, 6.07) is 0. The molecule has 88 valence electrons. The van der Waals surface area contributed by atoms with E-state index in [1.807, 2.05) is 0 Å². The molecule has 1 heterocycles. The maximum absolute atomic E-state index is 11.6. The third-order valence-corrected chi connectivity index (χ3v) is 4.82. The molecule has 0 radical (unpaired) electrons. The largest absolute Gasteiger partial charge is 0.469 e. The normalized spacial score (nSPS) is 23.3. The Morgan fingerprint density at radius 3 is 2.33 bits per heavy atom. The first-order valence-corrected chi connectivity index (χ1v) is 7.16. The van der Waals surface area contributed by atoms with Crippen molar-refractivity contribution >= 4 is 27.4 Å². The molecule has 0 aromatic heterocycles. The van der Waals surface area contributed by atoms with Crippen LogP contribution in [0.3, 0.4) is 0 Å². The van der Waals surface area contributed by atoms with E-state index in [2.05, 4.69) is 0 Å². The average molecular weight is 255 g/mol. The lowest BCUT2D eigenvalue weighted by Gasteiger charge is -2.33.